The van der Waals surface area contributed by atoms with Crippen molar-refractivity contribution in [3.63, 3.8) is 0 Å². The molecule has 0 saturated carbocycles. The van der Waals surface area contributed by atoms with Crippen LogP contribution in [-0.2, 0) is 5.41 Å². The lowest BCUT2D eigenvalue weighted by Gasteiger charge is -2.35. The molecule has 0 amide bonds. The minimum Gasteiger partial charge on any atom is -0.0654 e. The molecular weight excluding hydrogens is 408 g/mol. The zero-order chi connectivity index (χ0) is 24.7. The van der Waals surface area contributed by atoms with E-state index in [1.807, 2.05) is 0 Å². The molecule has 0 N–H and O–H groups in total. The van der Waals surface area contributed by atoms with E-state index in [0.717, 1.165) is 0 Å². The maximum atomic E-state index is 2.56. The number of aryl methyl sites for hydroxylation is 1. The first-order valence-electron chi connectivity index (χ1n) is 14.6. The Bertz CT molecular complexity index is 929. The van der Waals surface area contributed by atoms with Gasteiger partial charge in [-0.05, 0) is 92.0 Å². The fraction of sp³-hybridized carbons (Fsp3) is 0.647. The molecule has 0 fully saturated rings. The summed E-state index contributed by atoms with van der Waals surface area (Å²) in [4.78, 5) is 0. The van der Waals surface area contributed by atoms with Gasteiger partial charge in [0.15, 0.2) is 0 Å². The zero-order valence-corrected chi connectivity index (χ0v) is 23.6. The molecule has 1 aliphatic carbocycles. The number of hydrogen-bond donors (Lipinski definition) is 0. The molecule has 0 spiro atoms. The number of benzene rings is 2. The van der Waals surface area contributed by atoms with Crippen molar-refractivity contribution in [3.8, 4) is 11.1 Å². The average molecular weight is 461 g/mol. The van der Waals surface area contributed by atoms with Gasteiger partial charge in [0, 0.05) is 5.41 Å². The highest BCUT2D eigenvalue weighted by molar-refractivity contribution is 5.86. The van der Waals surface area contributed by atoms with Gasteiger partial charge in [-0.1, -0.05) is 115 Å². The van der Waals surface area contributed by atoms with E-state index in [9.17, 15) is 0 Å². The SMILES string of the molecule is CCCCCCCCC1(CCCCCCCC)c2cc(C)ccc2-c2c(C)c(C)c(C)c(C)c21. The van der Waals surface area contributed by atoms with Crippen LogP contribution in [0.3, 0.4) is 0 Å². The van der Waals surface area contributed by atoms with E-state index >= 15 is 0 Å². The predicted molar refractivity (Wildman–Crippen MR) is 152 cm³/mol. The van der Waals surface area contributed by atoms with Gasteiger partial charge in [-0.15, -0.1) is 0 Å². The molecule has 2 aromatic rings. The first-order chi connectivity index (χ1) is 16.4. The van der Waals surface area contributed by atoms with Gasteiger partial charge in [-0.2, -0.15) is 0 Å². The normalized spacial score (nSPS) is 13.9. The van der Waals surface area contributed by atoms with Crippen LogP contribution in [0.4, 0.5) is 0 Å². The summed E-state index contributed by atoms with van der Waals surface area (Å²) < 4.78 is 0. The van der Waals surface area contributed by atoms with Gasteiger partial charge < -0.3 is 0 Å². The molecule has 3 rings (SSSR count). The van der Waals surface area contributed by atoms with Crippen molar-refractivity contribution in [2.24, 2.45) is 0 Å². The quantitative estimate of drug-likeness (QED) is 0.246. The highest BCUT2D eigenvalue weighted by Gasteiger charge is 2.44. The molecule has 0 heteroatoms. The molecular formula is C34H52. The molecule has 0 radical (unpaired) electrons. The maximum Gasteiger partial charge on any atom is 0.0218 e. The Morgan fingerprint density at radius 3 is 1.62 bits per heavy atom. The van der Waals surface area contributed by atoms with E-state index in [-0.39, 0.29) is 5.41 Å². The summed E-state index contributed by atoms with van der Waals surface area (Å²) in [6, 6.07) is 7.36. The number of unbranched alkanes of at least 4 members (excludes halogenated alkanes) is 10. The fourth-order valence-electron chi connectivity index (χ4n) is 6.71. The molecule has 0 nitrogen and oxygen atoms in total. The van der Waals surface area contributed by atoms with Crippen LogP contribution in [0.15, 0.2) is 18.2 Å². The second kappa shape index (κ2) is 12.4. The molecule has 2 aromatic carbocycles. The first kappa shape index (κ1) is 27.0. The Kier molecular flexibility index (Phi) is 9.87. The van der Waals surface area contributed by atoms with Gasteiger partial charge in [-0.3, -0.25) is 0 Å². The standard InChI is InChI=1S/C34H52/c1-8-10-12-14-16-18-22-34(23-19-17-15-13-11-9-2)31-24-25(3)20-21-30(31)32-28(6)26(4)27(5)29(7)33(32)34/h20-21,24H,8-19,22-23H2,1-7H3. The monoisotopic (exact) mass is 460 g/mol. The van der Waals surface area contributed by atoms with Crippen molar-refractivity contribution in [2.75, 3.05) is 0 Å². The van der Waals surface area contributed by atoms with Crippen LogP contribution >= 0.6 is 0 Å². The fourth-order valence-corrected chi connectivity index (χ4v) is 6.71. The van der Waals surface area contributed by atoms with E-state index < -0.39 is 0 Å². The first-order valence-corrected chi connectivity index (χ1v) is 14.6. The molecule has 0 unspecified atom stereocenters. The summed E-state index contributed by atoms with van der Waals surface area (Å²) in [5.41, 5.74) is 14.2. The minimum atomic E-state index is 0.208. The smallest absolute Gasteiger partial charge is 0.0218 e. The van der Waals surface area contributed by atoms with Crippen LogP contribution in [0.1, 0.15) is 143 Å². The topological polar surface area (TPSA) is 0 Å². The van der Waals surface area contributed by atoms with Crippen molar-refractivity contribution >= 4 is 0 Å². The van der Waals surface area contributed by atoms with Crippen LogP contribution in [0.2, 0.25) is 0 Å². The van der Waals surface area contributed by atoms with Gasteiger partial charge in [0.1, 0.15) is 0 Å². The lowest BCUT2D eigenvalue weighted by atomic mass is 9.68. The molecule has 0 aliphatic heterocycles. The summed E-state index contributed by atoms with van der Waals surface area (Å²) >= 11 is 0. The van der Waals surface area contributed by atoms with Crippen LogP contribution in [-0.4, -0.2) is 0 Å². The zero-order valence-electron chi connectivity index (χ0n) is 23.6. The van der Waals surface area contributed by atoms with Crippen LogP contribution in [0.5, 0.6) is 0 Å². The molecule has 0 aromatic heterocycles. The second-order valence-electron chi connectivity index (χ2n) is 11.4. The molecule has 0 bridgehead atoms. The van der Waals surface area contributed by atoms with E-state index in [1.54, 1.807) is 27.8 Å². The van der Waals surface area contributed by atoms with Crippen LogP contribution in [0, 0.1) is 34.6 Å². The van der Waals surface area contributed by atoms with Crippen molar-refractivity contribution in [1.29, 1.82) is 0 Å². The van der Waals surface area contributed by atoms with E-state index in [0.29, 0.717) is 0 Å². The van der Waals surface area contributed by atoms with Crippen molar-refractivity contribution in [3.05, 3.63) is 57.1 Å². The molecule has 188 valence electrons. The summed E-state index contributed by atoms with van der Waals surface area (Å²) in [5, 5.41) is 0. The summed E-state index contributed by atoms with van der Waals surface area (Å²) in [5.74, 6) is 0. The third-order valence-corrected chi connectivity index (χ3v) is 9.04. The van der Waals surface area contributed by atoms with E-state index in [1.165, 1.54) is 112 Å². The Hall–Kier alpha value is -1.56. The molecule has 34 heavy (non-hydrogen) atoms. The van der Waals surface area contributed by atoms with Crippen LogP contribution in [0.25, 0.3) is 11.1 Å². The number of rotatable bonds is 14. The van der Waals surface area contributed by atoms with Crippen molar-refractivity contribution in [1.82, 2.24) is 0 Å². The Morgan fingerprint density at radius 1 is 0.559 bits per heavy atom. The third-order valence-electron chi connectivity index (χ3n) is 9.04. The summed E-state index contributed by atoms with van der Waals surface area (Å²) in [6.07, 6.45) is 19.2. The Morgan fingerprint density at radius 2 is 1.06 bits per heavy atom. The molecule has 0 atom stereocenters. The molecule has 0 heterocycles. The largest absolute Gasteiger partial charge is 0.0654 e. The highest BCUT2D eigenvalue weighted by Crippen LogP contribution is 2.57. The second-order valence-corrected chi connectivity index (χ2v) is 11.4. The lowest BCUT2D eigenvalue weighted by Crippen LogP contribution is -2.27. The summed E-state index contributed by atoms with van der Waals surface area (Å²) in [7, 11) is 0. The van der Waals surface area contributed by atoms with Crippen LogP contribution < -0.4 is 0 Å². The minimum absolute atomic E-state index is 0.208. The van der Waals surface area contributed by atoms with Gasteiger partial charge in [0.25, 0.3) is 0 Å². The van der Waals surface area contributed by atoms with Gasteiger partial charge in [-0.25, -0.2) is 0 Å². The Balaban J connectivity index is 2.01. The maximum absolute atomic E-state index is 2.56. The average Bonchev–Trinajstić information content (AvgIpc) is 3.10. The third kappa shape index (κ3) is 5.47. The highest BCUT2D eigenvalue weighted by atomic mass is 14.5. The summed E-state index contributed by atoms with van der Waals surface area (Å²) in [6.45, 7) is 16.4. The molecule has 0 saturated heterocycles. The predicted octanol–water partition coefficient (Wildman–Crippen LogP) is 11.0. The Labute approximate surface area is 212 Å². The molecule has 1 aliphatic rings. The van der Waals surface area contributed by atoms with E-state index in [2.05, 4.69) is 66.7 Å². The van der Waals surface area contributed by atoms with Crippen molar-refractivity contribution in [2.45, 2.75) is 144 Å². The number of fused-ring (bicyclic) bond motifs is 3. The lowest BCUT2D eigenvalue weighted by molar-refractivity contribution is 0.396. The van der Waals surface area contributed by atoms with Gasteiger partial charge >= 0.3 is 0 Å². The van der Waals surface area contributed by atoms with Crippen molar-refractivity contribution < 1.29 is 0 Å². The van der Waals surface area contributed by atoms with E-state index in [4.69, 9.17) is 0 Å². The van der Waals surface area contributed by atoms with Gasteiger partial charge in [0.05, 0.1) is 0 Å². The number of hydrogen-bond acceptors (Lipinski definition) is 0. The van der Waals surface area contributed by atoms with Gasteiger partial charge in [0.2, 0.25) is 0 Å².